The molecule has 12 rings (SSSR count). The van der Waals surface area contributed by atoms with Gasteiger partial charge in [-0.3, -0.25) is 0 Å². The van der Waals surface area contributed by atoms with Crippen LogP contribution < -0.4 is 10.6 Å². The predicted molar refractivity (Wildman–Crippen MR) is 236 cm³/mol. The molecule has 4 heterocycles. The number of nitrogens with zero attached hydrogens (tertiary/aromatic N) is 4. The van der Waals surface area contributed by atoms with Crippen LogP contribution in [-0.4, -0.2) is 19.1 Å². The molecule has 0 bridgehead atoms. The van der Waals surface area contributed by atoms with E-state index in [4.69, 9.17) is 9.97 Å². The summed E-state index contributed by atoms with van der Waals surface area (Å²) in [5.41, 5.74) is 10.0. The van der Waals surface area contributed by atoms with Crippen LogP contribution in [-0.2, 0) is 0 Å². The Morgan fingerprint density at radius 2 is 1.23 bits per heavy atom. The Bertz CT molecular complexity index is 3500. The van der Waals surface area contributed by atoms with Crippen LogP contribution in [0.4, 0.5) is 0 Å². The molecule has 7 aromatic carbocycles. The number of hydrogen-bond acceptors (Lipinski definition) is 3. The Hall–Kier alpha value is -6.82. The monoisotopic (exact) mass is 734 g/mol. The van der Waals surface area contributed by atoms with Crippen molar-refractivity contribution in [3.8, 4) is 34.0 Å². The van der Waals surface area contributed by atoms with Gasteiger partial charge in [-0.15, -0.1) is 11.3 Å². The van der Waals surface area contributed by atoms with Gasteiger partial charge in [0.2, 0.25) is 0 Å². The van der Waals surface area contributed by atoms with Gasteiger partial charge >= 0.3 is 0 Å². The molecule has 1 atom stereocenters. The van der Waals surface area contributed by atoms with Crippen LogP contribution in [0, 0.1) is 5.92 Å². The molecule has 0 N–H and O–H groups in total. The minimum absolute atomic E-state index is 0.447. The van der Waals surface area contributed by atoms with Gasteiger partial charge in [-0.2, -0.15) is 0 Å². The molecule has 0 amide bonds. The first kappa shape index (κ1) is 31.5. The van der Waals surface area contributed by atoms with Crippen molar-refractivity contribution in [2.24, 2.45) is 5.92 Å². The Morgan fingerprint density at radius 3 is 2.05 bits per heavy atom. The van der Waals surface area contributed by atoms with Crippen molar-refractivity contribution in [2.75, 3.05) is 0 Å². The highest BCUT2D eigenvalue weighted by atomic mass is 32.1. The lowest BCUT2D eigenvalue weighted by molar-refractivity contribution is 0.795. The molecule has 1 unspecified atom stereocenters. The average molecular weight is 735 g/mol. The molecule has 0 fully saturated rings. The molecule has 1 aliphatic rings. The number of para-hydroxylation sites is 3. The van der Waals surface area contributed by atoms with Crippen molar-refractivity contribution in [3.63, 3.8) is 0 Å². The van der Waals surface area contributed by atoms with Crippen LogP contribution in [0.25, 0.3) is 110 Å². The summed E-state index contributed by atoms with van der Waals surface area (Å²) in [6.07, 6.45) is 6.01. The predicted octanol–water partition coefficient (Wildman–Crippen LogP) is 12.0. The summed E-state index contributed by atoms with van der Waals surface area (Å²) in [5, 5.41) is 10.2. The van der Waals surface area contributed by atoms with Gasteiger partial charge in [0.05, 0.1) is 32.5 Å². The third kappa shape index (κ3) is 4.52. The summed E-state index contributed by atoms with van der Waals surface area (Å²) in [6.45, 7) is 2.34. The molecule has 0 radical (unpaired) electrons. The van der Waals surface area contributed by atoms with Crippen LogP contribution in [0.1, 0.15) is 13.3 Å². The first-order valence-electron chi connectivity index (χ1n) is 19.3. The SMILES string of the molecule is CC1C=c2c(n(-c3ccccc3)c3c2c2c4ccccc4n(-c4ccc(-c5nc(-c6ccccc6)c6ccccc6n5)cc4)c2c2sc4ccccc4c23)=CC1. The summed E-state index contributed by atoms with van der Waals surface area (Å²) in [6, 6.07) is 56.4. The molecule has 0 saturated heterocycles. The topological polar surface area (TPSA) is 35.6 Å². The van der Waals surface area contributed by atoms with Crippen LogP contribution in [0.15, 0.2) is 158 Å². The molecule has 4 aromatic heterocycles. The number of aromatic nitrogens is 4. The van der Waals surface area contributed by atoms with Crippen molar-refractivity contribution in [1.29, 1.82) is 0 Å². The Balaban J connectivity index is 1.18. The van der Waals surface area contributed by atoms with Gasteiger partial charge in [0.1, 0.15) is 0 Å². The second-order valence-corrected chi connectivity index (χ2v) is 16.0. The molecule has 4 nitrogen and oxygen atoms in total. The van der Waals surface area contributed by atoms with Crippen LogP contribution in [0.3, 0.4) is 0 Å². The minimum Gasteiger partial charge on any atom is -0.309 e. The lowest BCUT2D eigenvalue weighted by atomic mass is 9.98. The van der Waals surface area contributed by atoms with Crippen molar-refractivity contribution >= 4 is 87.3 Å². The third-order valence-electron chi connectivity index (χ3n) is 11.6. The fourth-order valence-electron chi connectivity index (χ4n) is 9.17. The van der Waals surface area contributed by atoms with Crippen LogP contribution in [0.2, 0.25) is 0 Å². The highest BCUT2D eigenvalue weighted by Gasteiger charge is 2.26. The van der Waals surface area contributed by atoms with E-state index in [1.54, 1.807) is 0 Å². The first-order valence-corrected chi connectivity index (χ1v) is 20.1. The Morgan fingerprint density at radius 1 is 0.554 bits per heavy atom. The van der Waals surface area contributed by atoms with Gasteiger partial charge in [-0.25, -0.2) is 9.97 Å². The van der Waals surface area contributed by atoms with Crippen LogP contribution in [0.5, 0.6) is 0 Å². The van der Waals surface area contributed by atoms with Crippen LogP contribution >= 0.6 is 11.3 Å². The summed E-state index contributed by atoms with van der Waals surface area (Å²) in [4.78, 5) is 10.3. The number of rotatable bonds is 4. The quantitative estimate of drug-likeness (QED) is 0.180. The summed E-state index contributed by atoms with van der Waals surface area (Å²) >= 11 is 1.91. The number of benzene rings is 7. The van der Waals surface area contributed by atoms with Gasteiger partial charge in [-0.05, 0) is 66.9 Å². The van der Waals surface area contributed by atoms with E-state index >= 15 is 0 Å². The standard InChI is InChI=1S/C51H34N4S/c1-31-24-29-42-39(30-31)45-44-37-19-9-12-22-41(37)55(49(44)50-46(38-20-10-13-23-43(38)56-50)48(45)54(42)34-16-6-3-7-17-34)35-27-25-33(26-28-35)51-52-40-21-11-8-18-36(40)47(53-51)32-14-4-2-5-15-32/h2-23,25-31H,24H2,1H3. The molecule has 5 heteroatoms. The van der Waals surface area contributed by atoms with E-state index in [2.05, 4.69) is 174 Å². The van der Waals surface area contributed by atoms with E-state index in [1.165, 1.54) is 69.1 Å². The zero-order valence-corrected chi connectivity index (χ0v) is 31.5. The Kier molecular flexibility index (Phi) is 6.81. The lowest BCUT2D eigenvalue weighted by Crippen LogP contribution is -2.31. The van der Waals surface area contributed by atoms with E-state index in [-0.39, 0.29) is 0 Å². The van der Waals surface area contributed by atoms with Gasteiger partial charge < -0.3 is 9.13 Å². The van der Waals surface area contributed by atoms with Gasteiger partial charge in [-0.1, -0.05) is 122 Å². The molecular weight excluding hydrogens is 701 g/mol. The normalized spacial score (nSPS) is 14.2. The van der Waals surface area contributed by atoms with Crippen molar-refractivity contribution in [2.45, 2.75) is 13.3 Å². The number of thiophene rings is 1. The van der Waals surface area contributed by atoms with E-state index in [1.807, 2.05) is 23.5 Å². The maximum Gasteiger partial charge on any atom is 0.160 e. The average Bonchev–Trinajstić information content (AvgIpc) is 3.92. The maximum absolute atomic E-state index is 5.18. The summed E-state index contributed by atoms with van der Waals surface area (Å²) in [7, 11) is 0. The second-order valence-electron chi connectivity index (χ2n) is 15.0. The largest absolute Gasteiger partial charge is 0.309 e. The third-order valence-corrected chi connectivity index (χ3v) is 12.8. The first-order chi connectivity index (χ1) is 27.7. The zero-order chi connectivity index (χ0) is 36.9. The zero-order valence-electron chi connectivity index (χ0n) is 30.6. The molecule has 11 aromatic rings. The van der Waals surface area contributed by atoms with E-state index < -0.39 is 0 Å². The molecule has 264 valence electrons. The fraction of sp³-hybridized carbons (Fsp3) is 0.0588. The van der Waals surface area contributed by atoms with Crippen molar-refractivity contribution in [1.82, 2.24) is 19.1 Å². The minimum atomic E-state index is 0.447. The molecular formula is C51H34N4S. The van der Waals surface area contributed by atoms with E-state index in [0.717, 1.165) is 45.7 Å². The number of fused-ring (bicyclic) bond motifs is 13. The summed E-state index contributed by atoms with van der Waals surface area (Å²) in [5.74, 6) is 1.17. The van der Waals surface area contributed by atoms with E-state index in [9.17, 15) is 0 Å². The van der Waals surface area contributed by atoms with E-state index in [0.29, 0.717) is 5.92 Å². The molecule has 56 heavy (non-hydrogen) atoms. The van der Waals surface area contributed by atoms with Gasteiger partial charge in [0.15, 0.2) is 5.82 Å². The fourth-order valence-corrected chi connectivity index (χ4v) is 10.4. The number of hydrogen-bond donors (Lipinski definition) is 0. The highest BCUT2D eigenvalue weighted by molar-refractivity contribution is 7.27. The van der Waals surface area contributed by atoms with Gasteiger partial charge in [0.25, 0.3) is 0 Å². The molecule has 0 saturated carbocycles. The summed E-state index contributed by atoms with van der Waals surface area (Å²) < 4.78 is 7.65. The molecule has 0 spiro atoms. The molecule has 0 aliphatic heterocycles. The van der Waals surface area contributed by atoms with Crippen molar-refractivity contribution < 1.29 is 0 Å². The maximum atomic E-state index is 5.18. The lowest BCUT2D eigenvalue weighted by Gasteiger charge is -2.12. The highest BCUT2D eigenvalue weighted by Crippen LogP contribution is 2.47. The van der Waals surface area contributed by atoms with Gasteiger partial charge in [0, 0.05) is 70.1 Å². The molecule has 1 aliphatic carbocycles. The smallest absolute Gasteiger partial charge is 0.160 e. The Labute approximate surface area is 326 Å². The van der Waals surface area contributed by atoms with Crippen molar-refractivity contribution in [3.05, 3.63) is 168 Å². The second kappa shape index (κ2) is 12.1.